The smallest absolute Gasteiger partial charge is 0.344 e. The molecule has 1 fully saturated rings. The number of nitrogens with zero attached hydrogens (tertiary/aromatic N) is 1. The van der Waals surface area contributed by atoms with Crippen molar-refractivity contribution >= 4 is 11.9 Å². The molecule has 10 heteroatoms. The van der Waals surface area contributed by atoms with E-state index in [1.54, 1.807) is 12.3 Å². The molecule has 1 aliphatic carbocycles. The molecule has 2 aromatic heterocycles. The molecule has 1 aliphatic rings. The molecule has 4 atom stereocenters. The second-order valence-corrected chi connectivity index (χ2v) is 6.24. The fraction of sp³-hybridized carbons (Fsp3) is 0.333. The first-order valence-corrected chi connectivity index (χ1v) is 8.40. The molecule has 0 bridgehead atoms. The third-order valence-electron chi connectivity index (χ3n) is 4.37. The zero-order chi connectivity index (χ0) is 20.3. The normalized spacial score (nSPS) is 29.7. The lowest BCUT2D eigenvalue weighted by atomic mass is 9.84. The van der Waals surface area contributed by atoms with Gasteiger partial charge < -0.3 is 29.9 Å². The lowest BCUT2D eigenvalue weighted by Crippen LogP contribution is -2.65. The summed E-state index contributed by atoms with van der Waals surface area (Å²) in [6.45, 7) is 0. The quantitative estimate of drug-likeness (QED) is 0.437. The summed E-state index contributed by atoms with van der Waals surface area (Å²) in [5.74, 6) is -1.80. The molecule has 5 N–H and O–H groups in total. The van der Waals surface area contributed by atoms with Crippen LogP contribution >= 0.6 is 0 Å². The Bertz CT molecular complexity index is 733. The lowest BCUT2D eigenvalue weighted by Gasteiger charge is -2.42. The number of aliphatic hydroxyl groups excluding tert-OH is 4. The summed E-state index contributed by atoms with van der Waals surface area (Å²) in [6, 6.07) is 5.88. The van der Waals surface area contributed by atoms with Gasteiger partial charge in [0.2, 0.25) is 0 Å². The minimum absolute atomic E-state index is 0.0553. The number of rotatable bonds is 4. The molecule has 0 amide bonds. The Morgan fingerprint density at radius 3 is 1.86 bits per heavy atom. The van der Waals surface area contributed by atoms with E-state index in [1.807, 2.05) is 0 Å². The summed E-state index contributed by atoms with van der Waals surface area (Å²) < 4.78 is 10.1. The van der Waals surface area contributed by atoms with Crippen LogP contribution in [0.3, 0.4) is 0 Å². The van der Waals surface area contributed by atoms with E-state index in [0.29, 0.717) is 0 Å². The van der Waals surface area contributed by atoms with Crippen LogP contribution in [0.1, 0.15) is 20.7 Å². The van der Waals surface area contributed by atoms with Gasteiger partial charge in [0.15, 0.2) is 24.6 Å². The van der Waals surface area contributed by atoms with Crippen molar-refractivity contribution in [3.05, 3.63) is 60.2 Å². The Morgan fingerprint density at radius 2 is 1.39 bits per heavy atom. The molecule has 2 heterocycles. The lowest BCUT2D eigenvalue weighted by molar-refractivity contribution is -0.378. The first-order valence-electron chi connectivity index (χ1n) is 8.40. The summed E-state index contributed by atoms with van der Waals surface area (Å²) in [4.78, 5) is 30.7. The highest BCUT2D eigenvalue weighted by molar-refractivity contribution is 5.89. The van der Waals surface area contributed by atoms with Crippen LogP contribution < -0.4 is 4.98 Å². The van der Waals surface area contributed by atoms with Gasteiger partial charge in [-0.3, -0.25) is 4.98 Å². The first kappa shape index (κ1) is 19.8. The van der Waals surface area contributed by atoms with Crippen molar-refractivity contribution in [2.75, 3.05) is 0 Å². The fourth-order valence-corrected chi connectivity index (χ4v) is 2.85. The summed E-state index contributed by atoms with van der Waals surface area (Å²) in [5, 5.41) is 41.1. The standard InChI is InChI=1S/C18H18N2O8/c21-11-13(23)16(28-18(26)10-4-2-6-20-8-10)14(24)12(22)15(11)27-17(25)9-3-1-5-19-7-9/h1-8,11-16,21-24H/p+1. The zero-order valence-electron chi connectivity index (χ0n) is 14.5. The van der Waals surface area contributed by atoms with Gasteiger partial charge in [0, 0.05) is 18.5 Å². The molecular weight excluding hydrogens is 372 g/mol. The molecular formula is C18H19N2O8+. The predicted molar refractivity (Wildman–Crippen MR) is 89.7 cm³/mol. The average molecular weight is 391 g/mol. The third-order valence-corrected chi connectivity index (χ3v) is 4.37. The molecule has 0 radical (unpaired) electrons. The number of carbonyl (C=O) groups excluding carboxylic acids is 2. The molecule has 28 heavy (non-hydrogen) atoms. The third kappa shape index (κ3) is 3.99. The van der Waals surface area contributed by atoms with Gasteiger partial charge in [-0.2, -0.15) is 0 Å². The van der Waals surface area contributed by atoms with Crippen LogP contribution in [0.5, 0.6) is 0 Å². The Hall–Kier alpha value is -2.92. The summed E-state index contributed by atoms with van der Waals surface area (Å²) in [6.07, 6.45) is -4.92. The Labute approximate surface area is 159 Å². The number of carbonyl (C=O) groups is 2. The van der Waals surface area contributed by atoms with E-state index < -0.39 is 48.6 Å². The minimum Gasteiger partial charge on any atom is -0.453 e. The van der Waals surface area contributed by atoms with Crippen LogP contribution in [0.15, 0.2) is 49.1 Å². The molecule has 0 saturated heterocycles. The van der Waals surface area contributed by atoms with Gasteiger partial charge in [-0.15, -0.1) is 0 Å². The van der Waals surface area contributed by atoms with Crippen molar-refractivity contribution in [3.8, 4) is 0 Å². The van der Waals surface area contributed by atoms with Gasteiger partial charge in [0.25, 0.3) is 0 Å². The maximum atomic E-state index is 12.1. The number of aromatic nitrogens is 2. The van der Waals surface area contributed by atoms with Crippen LogP contribution in [0.2, 0.25) is 0 Å². The molecule has 10 nitrogen and oxygen atoms in total. The molecule has 0 spiro atoms. The molecule has 4 unspecified atom stereocenters. The van der Waals surface area contributed by atoms with Gasteiger partial charge in [0.05, 0.1) is 5.56 Å². The van der Waals surface area contributed by atoms with E-state index >= 15 is 0 Å². The maximum absolute atomic E-state index is 12.1. The topological polar surface area (TPSA) is 161 Å². The van der Waals surface area contributed by atoms with Crippen LogP contribution in [0.25, 0.3) is 0 Å². The molecule has 148 valence electrons. The number of pyridine rings is 2. The summed E-state index contributed by atoms with van der Waals surface area (Å²) in [7, 11) is 0. The highest BCUT2D eigenvalue weighted by Gasteiger charge is 2.52. The fourth-order valence-electron chi connectivity index (χ4n) is 2.85. The Kier molecular flexibility index (Phi) is 5.95. The van der Waals surface area contributed by atoms with E-state index in [-0.39, 0.29) is 11.1 Å². The van der Waals surface area contributed by atoms with E-state index in [4.69, 9.17) is 9.47 Å². The van der Waals surface area contributed by atoms with E-state index in [2.05, 4.69) is 9.97 Å². The van der Waals surface area contributed by atoms with E-state index in [1.165, 1.54) is 36.8 Å². The Balaban J connectivity index is 1.72. The van der Waals surface area contributed by atoms with Crippen molar-refractivity contribution < 1.29 is 44.5 Å². The molecule has 1 saturated carbocycles. The number of hydrogen-bond donors (Lipinski definition) is 4. The number of hydrogen-bond acceptors (Lipinski definition) is 9. The highest BCUT2D eigenvalue weighted by Crippen LogP contribution is 2.27. The monoisotopic (exact) mass is 391 g/mol. The summed E-state index contributed by atoms with van der Waals surface area (Å²) >= 11 is 0. The second kappa shape index (κ2) is 8.40. The minimum atomic E-state index is -1.81. The number of ether oxygens (including phenoxy) is 2. The van der Waals surface area contributed by atoms with Gasteiger partial charge in [-0.1, -0.05) is 0 Å². The predicted octanol–water partition coefficient (Wildman–Crippen LogP) is -1.90. The van der Waals surface area contributed by atoms with Gasteiger partial charge in [-0.05, 0) is 18.2 Å². The number of aliphatic hydroxyl groups is 4. The van der Waals surface area contributed by atoms with Crippen molar-refractivity contribution in [2.45, 2.75) is 36.6 Å². The summed E-state index contributed by atoms with van der Waals surface area (Å²) in [5.41, 5.74) is 0.163. The molecule has 0 aliphatic heterocycles. The number of aromatic amines is 1. The number of nitrogens with one attached hydrogen (secondary N) is 1. The molecule has 0 aromatic carbocycles. The van der Waals surface area contributed by atoms with Crippen molar-refractivity contribution in [2.24, 2.45) is 0 Å². The van der Waals surface area contributed by atoms with Crippen molar-refractivity contribution in [1.82, 2.24) is 4.98 Å². The van der Waals surface area contributed by atoms with Crippen molar-refractivity contribution in [3.63, 3.8) is 0 Å². The number of esters is 2. The Morgan fingerprint density at radius 1 is 0.857 bits per heavy atom. The maximum Gasteiger partial charge on any atom is 0.344 e. The van der Waals surface area contributed by atoms with E-state index in [0.717, 1.165) is 0 Å². The van der Waals surface area contributed by atoms with Gasteiger partial charge >= 0.3 is 11.9 Å². The second-order valence-electron chi connectivity index (χ2n) is 6.24. The SMILES string of the molecule is O=C(OC1C(O)C(O)C(OC(=O)c2ccc[nH+]c2)C(O)C1O)c1cccnc1. The number of H-pyrrole nitrogens is 1. The van der Waals surface area contributed by atoms with Crippen LogP contribution in [0.4, 0.5) is 0 Å². The highest BCUT2D eigenvalue weighted by atomic mass is 16.6. The largest absolute Gasteiger partial charge is 0.453 e. The average Bonchev–Trinajstić information content (AvgIpc) is 2.73. The van der Waals surface area contributed by atoms with Gasteiger partial charge in [0.1, 0.15) is 30.0 Å². The van der Waals surface area contributed by atoms with Crippen LogP contribution in [-0.4, -0.2) is 74.0 Å². The van der Waals surface area contributed by atoms with E-state index in [9.17, 15) is 30.0 Å². The van der Waals surface area contributed by atoms with Gasteiger partial charge in [-0.25, -0.2) is 14.6 Å². The molecule has 2 aromatic rings. The molecule has 3 rings (SSSR count). The zero-order valence-corrected chi connectivity index (χ0v) is 14.5. The van der Waals surface area contributed by atoms with Crippen LogP contribution in [0, 0.1) is 0 Å². The van der Waals surface area contributed by atoms with Crippen molar-refractivity contribution in [1.29, 1.82) is 0 Å². The first-order chi connectivity index (χ1) is 13.4. The van der Waals surface area contributed by atoms with Crippen LogP contribution in [-0.2, 0) is 9.47 Å².